The molecule has 0 amide bonds. The third-order valence-corrected chi connectivity index (χ3v) is 0.707. The Kier molecular flexibility index (Phi) is 21.5. The van der Waals surface area contributed by atoms with E-state index < -0.39 is 8.69 Å². The molecular formula is C5H14O2P+. The Morgan fingerprint density at radius 1 is 1.38 bits per heavy atom. The molecule has 0 saturated heterocycles. The third-order valence-electron chi connectivity index (χ3n) is 0.707. The van der Waals surface area contributed by atoms with Gasteiger partial charge in [0.25, 0.3) is 0 Å². The van der Waals surface area contributed by atoms with Gasteiger partial charge in [-0.2, -0.15) is 4.89 Å². The van der Waals surface area contributed by atoms with Crippen molar-refractivity contribution >= 4 is 8.69 Å². The SMILES string of the molecule is CCCCC.O=[PH+]O. The van der Waals surface area contributed by atoms with E-state index in [4.69, 9.17) is 9.46 Å². The molecule has 0 spiro atoms. The highest BCUT2D eigenvalue weighted by molar-refractivity contribution is 7.16. The van der Waals surface area contributed by atoms with Crippen LogP contribution in [0.5, 0.6) is 0 Å². The fourth-order valence-corrected chi connectivity index (χ4v) is 0.354. The maximum atomic E-state index is 8.51. The minimum absolute atomic E-state index is 1.17. The van der Waals surface area contributed by atoms with Crippen LogP contribution in [0.1, 0.15) is 33.1 Å². The molecule has 0 bridgehead atoms. The molecule has 2 nitrogen and oxygen atoms in total. The first-order valence-electron chi connectivity index (χ1n) is 2.84. The largest absolute Gasteiger partial charge is 0.491 e. The maximum Gasteiger partial charge on any atom is 0.491 e. The topological polar surface area (TPSA) is 37.3 Å². The van der Waals surface area contributed by atoms with Crippen LogP contribution in [0, 0.1) is 0 Å². The fourth-order valence-electron chi connectivity index (χ4n) is 0.354. The Bertz CT molecular complexity index is 37.4. The van der Waals surface area contributed by atoms with Crippen molar-refractivity contribution in [2.45, 2.75) is 33.1 Å². The van der Waals surface area contributed by atoms with E-state index in [1.165, 1.54) is 19.3 Å². The molecule has 0 aliphatic carbocycles. The highest BCUT2D eigenvalue weighted by Gasteiger charge is 1.68. The monoisotopic (exact) mass is 137 g/mol. The molecule has 0 heterocycles. The van der Waals surface area contributed by atoms with E-state index in [-0.39, 0.29) is 0 Å². The quantitative estimate of drug-likeness (QED) is 0.592. The molecular weight excluding hydrogens is 123 g/mol. The van der Waals surface area contributed by atoms with Crippen LogP contribution in [0.2, 0.25) is 0 Å². The third kappa shape index (κ3) is 36.6. The van der Waals surface area contributed by atoms with Crippen LogP contribution >= 0.6 is 8.69 Å². The van der Waals surface area contributed by atoms with Crippen LogP contribution in [0.15, 0.2) is 0 Å². The summed E-state index contributed by atoms with van der Waals surface area (Å²) >= 11 is 0. The van der Waals surface area contributed by atoms with E-state index in [1.54, 1.807) is 0 Å². The van der Waals surface area contributed by atoms with E-state index in [2.05, 4.69) is 13.8 Å². The lowest BCUT2D eigenvalue weighted by atomic mass is 10.3. The summed E-state index contributed by atoms with van der Waals surface area (Å²) in [6.07, 6.45) is 4.08. The van der Waals surface area contributed by atoms with Crippen molar-refractivity contribution in [3.63, 3.8) is 0 Å². The lowest BCUT2D eigenvalue weighted by Crippen LogP contribution is -1.59. The molecule has 0 aromatic heterocycles. The predicted molar refractivity (Wildman–Crippen MR) is 36.4 cm³/mol. The second-order valence-electron chi connectivity index (χ2n) is 1.44. The number of hydrogen-bond donors (Lipinski definition) is 1. The Morgan fingerprint density at radius 3 is 1.62 bits per heavy atom. The van der Waals surface area contributed by atoms with Crippen molar-refractivity contribution in [3.05, 3.63) is 0 Å². The second kappa shape index (κ2) is 15.7. The second-order valence-corrected chi connectivity index (χ2v) is 1.63. The number of rotatable bonds is 2. The molecule has 0 fully saturated rings. The zero-order chi connectivity index (χ0) is 6.83. The lowest BCUT2D eigenvalue weighted by molar-refractivity contribution is 0.524. The van der Waals surface area contributed by atoms with E-state index in [0.717, 1.165) is 0 Å². The van der Waals surface area contributed by atoms with E-state index >= 15 is 0 Å². The molecule has 3 heteroatoms. The molecule has 8 heavy (non-hydrogen) atoms. The predicted octanol–water partition coefficient (Wildman–Crippen LogP) is 2.11. The summed E-state index contributed by atoms with van der Waals surface area (Å²) in [7, 11) is -1.17. The zero-order valence-corrected chi connectivity index (χ0v) is 6.48. The summed E-state index contributed by atoms with van der Waals surface area (Å²) in [6.45, 7) is 4.42. The van der Waals surface area contributed by atoms with E-state index in [1.807, 2.05) is 0 Å². The van der Waals surface area contributed by atoms with Crippen molar-refractivity contribution in [2.75, 3.05) is 0 Å². The first-order chi connectivity index (χ1) is 3.83. The van der Waals surface area contributed by atoms with Gasteiger partial charge in [-0.3, -0.25) is 0 Å². The summed E-state index contributed by atoms with van der Waals surface area (Å²) < 4.78 is 8.51. The number of unbranched alkanes of at least 4 members (excludes halogenated alkanes) is 2. The Balaban J connectivity index is 0. The first kappa shape index (κ1) is 10.9. The van der Waals surface area contributed by atoms with Gasteiger partial charge in [0, 0.05) is 0 Å². The van der Waals surface area contributed by atoms with Gasteiger partial charge >= 0.3 is 8.69 Å². The van der Waals surface area contributed by atoms with Crippen LogP contribution < -0.4 is 0 Å². The van der Waals surface area contributed by atoms with Crippen LogP contribution in [0.25, 0.3) is 0 Å². The normalized spacial score (nSPS) is 7.88. The summed E-state index contributed by atoms with van der Waals surface area (Å²) in [6, 6.07) is 0. The Hall–Kier alpha value is 0.0600. The summed E-state index contributed by atoms with van der Waals surface area (Å²) in [5.41, 5.74) is 0. The van der Waals surface area contributed by atoms with Crippen molar-refractivity contribution in [1.29, 1.82) is 0 Å². The van der Waals surface area contributed by atoms with Gasteiger partial charge < -0.3 is 0 Å². The molecule has 0 rings (SSSR count). The van der Waals surface area contributed by atoms with Gasteiger partial charge in [0.05, 0.1) is 0 Å². The van der Waals surface area contributed by atoms with Gasteiger partial charge in [-0.25, -0.2) is 0 Å². The molecule has 0 saturated carbocycles. The Morgan fingerprint density at radius 2 is 1.62 bits per heavy atom. The van der Waals surface area contributed by atoms with E-state index in [9.17, 15) is 0 Å². The smallest absolute Gasteiger partial charge is 0.162 e. The van der Waals surface area contributed by atoms with Crippen molar-refractivity contribution < 1.29 is 9.46 Å². The summed E-state index contributed by atoms with van der Waals surface area (Å²) in [4.78, 5) is 7.04. The minimum Gasteiger partial charge on any atom is -0.162 e. The van der Waals surface area contributed by atoms with Gasteiger partial charge in [-0.1, -0.05) is 33.1 Å². The van der Waals surface area contributed by atoms with Crippen molar-refractivity contribution in [2.24, 2.45) is 0 Å². The van der Waals surface area contributed by atoms with Gasteiger partial charge in [0.15, 0.2) is 0 Å². The molecule has 0 aliphatic heterocycles. The molecule has 1 unspecified atom stereocenters. The average molecular weight is 137 g/mol. The molecule has 0 aromatic rings. The molecule has 1 N–H and O–H groups in total. The minimum atomic E-state index is -1.17. The maximum absolute atomic E-state index is 8.51. The highest BCUT2D eigenvalue weighted by atomic mass is 31.1. The zero-order valence-electron chi connectivity index (χ0n) is 5.48. The molecule has 0 aromatic carbocycles. The van der Waals surface area contributed by atoms with E-state index in [0.29, 0.717) is 0 Å². The van der Waals surface area contributed by atoms with Crippen LogP contribution in [-0.2, 0) is 4.57 Å². The fraction of sp³-hybridized carbons (Fsp3) is 1.00. The Labute approximate surface area is 52.2 Å². The molecule has 0 radical (unpaired) electrons. The average Bonchev–Trinajstić information content (AvgIpc) is 1.71. The van der Waals surface area contributed by atoms with Crippen molar-refractivity contribution in [3.8, 4) is 0 Å². The van der Waals surface area contributed by atoms with Crippen molar-refractivity contribution in [1.82, 2.24) is 0 Å². The molecule has 50 valence electrons. The summed E-state index contributed by atoms with van der Waals surface area (Å²) in [5, 5.41) is 0. The van der Waals surface area contributed by atoms with Crippen LogP contribution in [0.3, 0.4) is 0 Å². The molecule has 0 aliphatic rings. The first-order valence-corrected chi connectivity index (χ1v) is 3.70. The standard InChI is InChI=1S/C5H12.HO2P/c1-3-5-4-2;1-3-2/h3-5H2,1-2H3;3H/p+1. The lowest BCUT2D eigenvalue weighted by Gasteiger charge is -1.79. The van der Waals surface area contributed by atoms with Gasteiger partial charge in [-0.15, -0.1) is 0 Å². The van der Waals surface area contributed by atoms with Crippen LogP contribution in [0.4, 0.5) is 0 Å². The van der Waals surface area contributed by atoms with Gasteiger partial charge in [0.1, 0.15) is 0 Å². The highest BCUT2D eigenvalue weighted by Crippen LogP contribution is 1.88. The molecule has 1 atom stereocenters. The number of hydrogen-bond acceptors (Lipinski definition) is 1. The summed E-state index contributed by atoms with van der Waals surface area (Å²) in [5.74, 6) is 0. The van der Waals surface area contributed by atoms with Crippen LogP contribution in [-0.4, -0.2) is 4.89 Å². The van der Waals surface area contributed by atoms with Gasteiger partial charge in [0.2, 0.25) is 0 Å². The van der Waals surface area contributed by atoms with Gasteiger partial charge in [-0.05, 0) is 4.57 Å².